The van der Waals surface area contributed by atoms with Crippen LogP contribution in [0.3, 0.4) is 0 Å². The molecular formula is C14H27NO3. The van der Waals surface area contributed by atoms with Gasteiger partial charge < -0.3 is 15.2 Å². The van der Waals surface area contributed by atoms with Crippen molar-refractivity contribution in [2.24, 2.45) is 11.3 Å². The third-order valence-corrected chi connectivity index (χ3v) is 3.51. The number of hydrogen-bond acceptors (Lipinski definition) is 3. The largest absolute Gasteiger partial charge is 0.444 e. The Balaban J connectivity index is 2.43. The molecule has 0 radical (unpaired) electrons. The molecule has 1 rings (SSSR count). The minimum atomic E-state index is -0.478. The normalized spacial score (nSPS) is 19.2. The zero-order chi connectivity index (χ0) is 13.8. The Morgan fingerprint density at radius 2 is 2.00 bits per heavy atom. The highest BCUT2D eigenvalue weighted by Gasteiger charge is 2.35. The summed E-state index contributed by atoms with van der Waals surface area (Å²) >= 11 is 0. The standard InChI is InChI=1S/C14H27NO3/c1-5-14(10-16,8-11-6-7-11)9-15-12(17)18-13(2,3)4/h11,16H,5-10H2,1-4H3,(H,15,17). The molecule has 1 fully saturated rings. The van der Waals surface area contributed by atoms with Gasteiger partial charge in [0.1, 0.15) is 5.60 Å². The highest BCUT2D eigenvalue weighted by atomic mass is 16.6. The van der Waals surface area contributed by atoms with Crippen LogP contribution in [0.25, 0.3) is 0 Å². The van der Waals surface area contributed by atoms with Crippen molar-refractivity contribution in [2.45, 2.75) is 59.0 Å². The third-order valence-electron chi connectivity index (χ3n) is 3.51. The second-order valence-corrected chi connectivity index (χ2v) is 6.51. The van der Waals surface area contributed by atoms with Crippen LogP contribution in [0.4, 0.5) is 4.79 Å². The number of ether oxygens (including phenoxy) is 1. The summed E-state index contributed by atoms with van der Waals surface area (Å²) in [7, 11) is 0. The predicted molar refractivity (Wildman–Crippen MR) is 71.4 cm³/mol. The van der Waals surface area contributed by atoms with Crippen LogP contribution >= 0.6 is 0 Å². The number of rotatable bonds is 6. The van der Waals surface area contributed by atoms with Gasteiger partial charge in [0.05, 0.1) is 6.61 Å². The van der Waals surface area contributed by atoms with Gasteiger partial charge in [0, 0.05) is 12.0 Å². The molecule has 1 saturated carbocycles. The predicted octanol–water partition coefficient (Wildman–Crippen LogP) is 2.70. The maximum Gasteiger partial charge on any atom is 0.407 e. The smallest absolute Gasteiger partial charge is 0.407 e. The Hall–Kier alpha value is -0.770. The van der Waals surface area contributed by atoms with Gasteiger partial charge in [-0.3, -0.25) is 0 Å². The zero-order valence-electron chi connectivity index (χ0n) is 12.1. The van der Waals surface area contributed by atoms with Crippen LogP contribution in [-0.2, 0) is 4.74 Å². The van der Waals surface area contributed by atoms with Gasteiger partial charge in [0.15, 0.2) is 0 Å². The van der Waals surface area contributed by atoms with Crippen molar-refractivity contribution in [1.82, 2.24) is 5.32 Å². The van der Waals surface area contributed by atoms with Gasteiger partial charge in [-0.25, -0.2) is 4.79 Å². The number of amides is 1. The summed E-state index contributed by atoms with van der Waals surface area (Å²) in [6.45, 7) is 8.21. The van der Waals surface area contributed by atoms with Crippen LogP contribution in [-0.4, -0.2) is 30.0 Å². The number of hydrogen-bond donors (Lipinski definition) is 2. The maximum atomic E-state index is 11.6. The molecule has 0 spiro atoms. The monoisotopic (exact) mass is 257 g/mol. The number of carbonyl (C=O) groups excluding carboxylic acids is 1. The van der Waals surface area contributed by atoms with E-state index in [0.29, 0.717) is 6.54 Å². The molecule has 1 unspecified atom stereocenters. The van der Waals surface area contributed by atoms with E-state index in [9.17, 15) is 9.90 Å². The minimum absolute atomic E-state index is 0.121. The Morgan fingerprint density at radius 3 is 2.39 bits per heavy atom. The molecule has 0 bridgehead atoms. The van der Waals surface area contributed by atoms with Crippen LogP contribution < -0.4 is 5.32 Å². The lowest BCUT2D eigenvalue weighted by Crippen LogP contribution is -2.42. The molecule has 1 aliphatic carbocycles. The topological polar surface area (TPSA) is 58.6 Å². The van der Waals surface area contributed by atoms with E-state index in [4.69, 9.17) is 4.74 Å². The van der Waals surface area contributed by atoms with E-state index in [-0.39, 0.29) is 12.0 Å². The zero-order valence-corrected chi connectivity index (χ0v) is 12.1. The lowest BCUT2D eigenvalue weighted by molar-refractivity contribution is 0.0444. The number of nitrogens with one attached hydrogen (secondary N) is 1. The molecule has 0 aromatic carbocycles. The first-order valence-electron chi connectivity index (χ1n) is 6.88. The van der Waals surface area contributed by atoms with Crippen molar-refractivity contribution in [3.05, 3.63) is 0 Å². The molecule has 2 N–H and O–H groups in total. The highest BCUT2D eigenvalue weighted by Crippen LogP contribution is 2.41. The fourth-order valence-corrected chi connectivity index (χ4v) is 2.08. The van der Waals surface area contributed by atoms with Crippen LogP contribution in [0.15, 0.2) is 0 Å². The molecule has 0 heterocycles. The molecule has 4 heteroatoms. The third kappa shape index (κ3) is 5.25. The average molecular weight is 257 g/mol. The lowest BCUT2D eigenvalue weighted by atomic mass is 9.80. The summed E-state index contributed by atoms with van der Waals surface area (Å²) in [6.07, 6.45) is 3.98. The summed E-state index contributed by atoms with van der Waals surface area (Å²) in [5.74, 6) is 0.734. The van der Waals surface area contributed by atoms with Gasteiger partial charge in [0.25, 0.3) is 0 Å². The average Bonchev–Trinajstić information content (AvgIpc) is 3.06. The van der Waals surface area contributed by atoms with Gasteiger partial charge in [-0.15, -0.1) is 0 Å². The van der Waals surface area contributed by atoms with Gasteiger partial charge in [-0.2, -0.15) is 0 Å². The quantitative estimate of drug-likeness (QED) is 0.769. The van der Waals surface area contributed by atoms with Crippen molar-refractivity contribution in [3.8, 4) is 0 Å². The molecule has 4 nitrogen and oxygen atoms in total. The lowest BCUT2D eigenvalue weighted by Gasteiger charge is -2.31. The molecular weight excluding hydrogens is 230 g/mol. The Kier molecular flexibility index (Phi) is 5.02. The highest BCUT2D eigenvalue weighted by molar-refractivity contribution is 5.67. The van der Waals surface area contributed by atoms with E-state index in [1.807, 2.05) is 20.8 Å². The summed E-state index contributed by atoms with van der Waals surface area (Å²) in [5, 5.41) is 12.4. The van der Waals surface area contributed by atoms with Crippen LogP contribution in [0.2, 0.25) is 0 Å². The van der Waals surface area contributed by atoms with E-state index in [0.717, 1.165) is 18.8 Å². The van der Waals surface area contributed by atoms with Crippen molar-refractivity contribution in [3.63, 3.8) is 0 Å². The summed E-state index contributed by atoms with van der Waals surface area (Å²) in [4.78, 5) is 11.6. The van der Waals surface area contributed by atoms with Gasteiger partial charge in [0.2, 0.25) is 0 Å². The van der Waals surface area contributed by atoms with E-state index >= 15 is 0 Å². The summed E-state index contributed by atoms with van der Waals surface area (Å²) in [6, 6.07) is 0. The second-order valence-electron chi connectivity index (χ2n) is 6.51. The van der Waals surface area contributed by atoms with Crippen molar-refractivity contribution >= 4 is 6.09 Å². The molecule has 0 aliphatic heterocycles. The first kappa shape index (κ1) is 15.3. The van der Waals surface area contributed by atoms with Gasteiger partial charge >= 0.3 is 6.09 Å². The minimum Gasteiger partial charge on any atom is -0.444 e. The van der Waals surface area contributed by atoms with E-state index < -0.39 is 11.7 Å². The number of carbonyl (C=O) groups is 1. The van der Waals surface area contributed by atoms with Gasteiger partial charge in [-0.05, 0) is 39.5 Å². The van der Waals surface area contributed by atoms with Gasteiger partial charge in [-0.1, -0.05) is 19.8 Å². The molecule has 0 saturated heterocycles. The molecule has 1 aliphatic rings. The van der Waals surface area contributed by atoms with Crippen LogP contribution in [0.1, 0.15) is 53.4 Å². The number of aliphatic hydroxyl groups excluding tert-OH is 1. The Morgan fingerprint density at radius 1 is 1.39 bits per heavy atom. The van der Waals surface area contributed by atoms with E-state index in [1.165, 1.54) is 12.8 Å². The molecule has 1 atom stereocenters. The summed E-state index contributed by atoms with van der Waals surface area (Å²) in [5.41, 5.74) is -0.660. The number of alkyl carbamates (subject to hydrolysis) is 1. The SMILES string of the molecule is CCC(CO)(CNC(=O)OC(C)(C)C)CC1CC1. The maximum absolute atomic E-state index is 11.6. The molecule has 18 heavy (non-hydrogen) atoms. The molecule has 106 valence electrons. The van der Waals surface area contributed by atoms with Crippen molar-refractivity contribution in [2.75, 3.05) is 13.2 Å². The second kappa shape index (κ2) is 5.91. The van der Waals surface area contributed by atoms with Crippen molar-refractivity contribution < 1.29 is 14.6 Å². The van der Waals surface area contributed by atoms with Crippen molar-refractivity contribution in [1.29, 1.82) is 0 Å². The summed E-state index contributed by atoms with van der Waals surface area (Å²) < 4.78 is 5.21. The Bertz CT molecular complexity index is 275. The first-order valence-corrected chi connectivity index (χ1v) is 6.88. The van der Waals surface area contributed by atoms with E-state index in [2.05, 4.69) is 12.2 Å². The fraction of sp³-hybridized carbons (Fsp3) is 0.929. The van der Waals surface area contributed by atoms with E-state index in [1.54, 1.807) is 0 Å². The molecule has 0 aromatic rings. The van der Waals surface area contributed by atoms with Crippen LogP contribution in [0.5, 0.6) is 0 Å². The fourth-order valence-electron chi connectivity index (χ4n) is 2.08. The number of aliphatic hydroxyl groups is 1. The Labute approximate surface area is 110 Å². The van der Waals surface area contributed by atoms with Crippen LogP contribution in [0, 0.1) is 11.3 Å². The first-order chi connectivity index (χ1) is 8.30. The molecule has 0 aromatic heterocycles. The molecule has 1 amide bonds.